The average Bonchev–Trinajstić information content (AvgIpc) is 3.24. The molecule has 22 heavy (non-hydrogen) atoms. The van der Waals surface area contributed by atoms with Gasteiger partial charge in [0.2, 0.25) is 0 Å². The second-order valence-electron chi connectivity index (χ2n) is 6.68. The monoisotopic (exact) mass is 321 g/mol. The largest absolute Gasteiger partial charge is 0.451 e. The van der Waals surface area contributed by atoms with Crippen molar-refractivity contribution in [3.8, 4) is 0 Å². The van der Waals surface area contributed by atoms with E-state index in [1.54, 1.807) is 0 Å². The SMILES string of the molecule is C[C@@H]1CCc2sc(C(=O)OCC(=O)N[C@H](C)C3CC3)cc2C1. The van der Waals surface area contributed by atoms with Crippen LogP contribution >= 0.6 is 11.3 Å². The number of hydrogen-bond acceptors (Lipinski definition) is 4. The minimum Gasteiger partial charge on any atom is -0.451 e. The van der Waals surface area contributed by atoms with E-state index in [4.69, 9.17) is 4.74 Å². The molecule has 0 aromatic carbocycles. The third kappa shape index (κ3) is 3.69. The maximum atomic E-state index is 12.1. The van der Waals surface area contributed by atoms with Crippen molar-refractivity contribution in [2.45, 2.75) is 52.0 Å². The molecule has 1 aromatic rings. The van der Waals surface area contributed by atoms with Gasteiger partial charge in [0.25, 0.3) is 5.91 Å². The van der Waals surface area contributed by atoms with Gasteiger partial charge in [0, 0.05) is 10.9 Å². The highest BCUT2D eigenvalue weighted by Gasteiger charge is 2.29. The Hall–Kier alpha value is -1.36. The van der Waals surface area contributed by atoms with E-state index in [1.807, 2.05) is 13.0 Å². The number of aryl methyl sites for hydroxylation is 1. The van der Waals surface area contributed by atoms with Gasteiger partial charge in [-0.05, 0) is 62.5 Å². The summed E-state index contributed by atoms with van der Waals surface area (Å²) in [7, 11) is 0. The molecule has 1 saturated carbocycles. The Morgan fingerprint density at radius 1 is 1.41 bits per heavy atom. The topological polar surface area (TPSA) is 55.4 Å². The maximum Gasteiger partial charge on any atom is 0.348 e. The summed E-state index contributed by atoms with van der Waals surface area (Å²) in [6.07, 6.45) is 5.64. The lowest BCUT2D eigenvalue weighted by atomic mass is 9.90. The second-order valence-corrected chi connectivity index (χ2v) is 7.81. The molecule has 2 atom stereocenters. The Morgan fingerprint density at radius 2 is 2.18 bits per heavy atom. The number of thiophene rings is 1. The Morgan fingerprint density at radius 3 is 2.91 bits per heavy atom. The van der Waals surface area contributed by atoms with Gasteiger partial charge in [-0.1, -0.05) is 6.92 Å². The van der Waals surface area contributed by atoms with Crippen molar-refractivity contribution < 1.29 is 14.3 Å². The first-order valence-corrected chi connectivity index (χ1v) is 8.92. The zero-order valence-electron chi connectivity index (χ0n) is 13.2. The number of amides is 1. The van der Waals surface area contributed by atoms with Gasteiger partial charge in [-0.25, -0.2) is 4.79 Å². The predicted molar refractivity (Wildman–Crippen MR) is 86.1 cm³/mol. The highest BCUT2D eigenvalue weighted by Crippen LogP contribution is 2.33. The van der Waals surface area contributed by atoms with Crippen molar-refractivity contribution in [3.05, 3.63) is 21.4 Å². The number of fused-ring (bicyclic) bond motifs is 1. The van der Waals surface area contributed by atoms with Crippen LogP contribution in [0.15, 0.2) is 6.07 Å². The van der Waals surface area contributed by atoms with E-state index in [0.29, 0.717) is 16.7 Å². The molecule has 5 heteroatoms. The van der Waals surface area contributed by atoms with Gasteiger partial charge < -0.3 is 10.1 Å². The standard InChI is InChI=1S/C17H23NO3S/c1-10-3-6-14-13(7-10)8-15(22-14)17(20)21-9-16(19)18-11(2)12-4-5-12/h8,10-12H,3-7,9H2,1-2H3,(H,18,19)/t10-,11-/m1/s1. The van der Waals surface area contributed by atoms with Gasteiger partial charge in [0.15, 0.2) is 6.61 Å². The average molecular weight is 321 g/mol. The van der Waals surface area contributed by atoms with Crippen LogP contribution in [0.3, 0.4) is 0 Å². The van der Waals surface area contributed by atoms with Crippen LogP contribution in [0.1, 0.15) is 53.2 Å². The van der Waals surface area contributed by atoms with E-state index in [0.717, 1.165) is 12.8 Å². The van der Waals surface area contributed by atoms with Crippen molar-refractivity contribution in [1.82, 2.24) is 5.32 Å². The van der Waals surface area contributed by atoms with E-state index in [-0.39, 0.29) is 24.5 Å². The summed E-state index contributed by atoms with van der Waals surface area (Å²) in [6.45, 7) is 4.06. The third-order valence-electron chi connectivity index (χ3n) is 4.58. The first-order chi connectivity index (χ1) is 10.5. The van der Waals surface area contributed by atoms with E-state index in [1.165, 1.54) is 41.0 Å². The molecule has 120 valence electrons. The lowest BCUT2D eigenvalue weighted by Crippen LogP contribution is -2.37. The van der Waals surface area contributed by atoms with Gasteiger partial charge in [0.05, 0.1) is 0 Å². The van der Waals surface area contributed by atoms with Gasteiger partial charge >= 0.3 is 5.97 Å². The molecular weight excluding hydrogens is 298 g/mol. The maximum absolute atomic E-state index is 12.1. The fourth-order valence-corrected chi connectivity index (χ4v) is 4.12. The Labute approximate surface area is 135 Å². The van der Waals surface area contributed by atoms with Crippen molar-refractivity contribution in [3.63, 3.8) is 0 Å². The first-order valence-electron chi connectivity index (χ1n) is 8.11. The Kier molecular flexibility index (Phi) is 4.52. The van der Waals surface area contributed by atoms with E-state index >= 15 is 0 Å². The number of carbonyl (C=O) groups excluding carboxylic acids is 2. The fourth-order valence-electron chi connectivity index (χ4n) is 3.02. The van der Waals surface area contributed by atoms with Crippen molar-refractivity contribution in [1.29, 1.82) is 0 Å². The minimum atomic E-state index is -0.374. The fraction of sp³-hybridized carbons (Fsp3) is 0.647. The quantitative estimate of drug-likeness (QED) is 0.848. The van der Waals surface area contributed by atoms with E-state index in [2.05, 4.69) is 12.2 Å². The summed E-state index contributed by atoms with van der Waals surface area (Å²) in [5.41, 5.74) is 1.28. The van der Waals surface area contributed by atoms with Gasteiger partial charge in [0.1, 0.15) is 4.88 Å². The lowest BCUT2D eigenvalue weighted by Gasteiger charge is -2.16. The molecule has 2 aliphatic carbocycles. The molecule has 1 N–H and O–H groups in total. The van der Waals surface area contributed by atoms with Crippen LogP contribution < -0.4 is 5.32 Å². The number of hydrogen-bond donors (Lipinski definition) is 1. The Balaban J connectivity index is 1.50. The second kappa shape index (κ2) is 6.41. The zero-order valence-corrected chi connectivity index (χ0v) is 14.0. The summed E-state index contributed by atoms with van der Waals surface area (Å²) >= 11 is 1.52. The molecule has 2 aliphatic rings. The van der Waals surface area contributed by atoms with Crippen LogP contribution in [0.2, 0.25) is 0 Å². The van der Waals surface area contributed by atoms with Crippen LogP contribution in [0.5, 0.6) is 0 Å². The zero-order chi connectivity index (χ0) is 15.7. The van der Waals surface area contributed by atoms with Crippen molar-refractivity contribution in [2.24, 2.45) is 11.8 Å². The van der Waals surface area contributed by atoms with Crippen LogP contribution in [-0.4, -0.2) is 24.5 Å². The number of rotatable bonds is 5. The van der Waals surface area contributed by atoms with Crippen molar-refractivity contribution in [2.75, 3.05) is 6.61 Å². The summed E-state index contributed by atoms with van der Waals surface area (Å²) < 4.78 is 5.15. The molecule has 1 amide bonds. The predicted octanol–water partition coefficient (Wildman–Crippen LogP) is 2.94. The molecule has 0 aliphatic heterocycles. The van der Waals surface area contributed by atoms with Gasteiger partial charge in [-0.3, -0.25) is 4.79 Å². The molecule has 0 saturated heterocycles. The number of carbonyl (C=O) groups is 2. The summed E-state index contributed by atoms with van der Waals surface area (Å²) in [5.74, 6) is 0.704. The van der Waals surface area contributed by atoms with Crippen molar-refractivity contribution >= 4 is 23.2 Å². The van der Waals surface area contributed by atoms with Crippen LogP contribution in [0.4, 0.5) is 0 Å². The number of ether oxygens (including phenoxy) is 1. The van der Waals surface area contributed by atoms with E-state index < -0.39 is 0 Å². The summed E-state index contributed by atoms with van der Waals surface area (Å²) in [5, 5.41) is 2.89. The van der Waals surface area contributed by atoms with Gasteiger partial charge in [-0.2, -0.15) is 0 Å². The van der Waals surface area contributed by atoms with Crippen LogP contribution in [0, 0.1) is 11.8 Å². The molecule has 0 radical (unpaired) electrons. The minimum absolute atomic E-state index is 0.182. The molecule has 0 spiro atoms. The number of nitrogens with one attached hydrogen (secondary N) is 1. The lowest BCUT2D eigenvalue weighted by molar-refractivity contribution is -0.124. The van der Waals surface area contributed by atoms with Crippen LogP contribution in [0.25, 0.3) is 0 Å². The molecule has 4 nitrogen and oxygen atoms in total. The first kappa shape index (κ1) is 15.5. The molecule has 0 unspecified atom stereocenters. The molecular formula is C17H23NO3S. The molecule has 3 rings (SSSR count). The molecule has 1 aromatic heterocycles. The Bertz CT molecular complexity index is 576. The van der Waals surface area contributed by atoms with Crippen LogP contribution in [-0.2, 0) is 22.4 Å². The highest BCUT2D eigenvalue weighted by molar-refractivity contribution is 7.14. The molecule has 0 bridgehead atoms. The summed E-state index contributed by atoms with van der Waals surface area (Å²) in [6, 6.07) is 2.13. The third-order valence-corrected chi connectivity index (χ3v) is 5.80. The number of esters is 1. The summed E-state index contributed by atoms with van der Waals surface area (Å²) in [4.78, 5) is 25.8. The normalized spacial score (nSPS) is 21.8. The molecule has 1 fully saturated rings. The van der Waals surface area contributed by atoms with E-state index in [9.17, 15) is 9.59 Å². The smallest absolute Gasteiger partial charge is 0.348 e. The molecule has 1 heterocycles. The van der Waals surface area contributed by atoms with Gasteiger partial charge in [-0.15, -0.1) is 11.3 Å². The highest BCUT2D eigenvalue weighted by atomic mass is 32.1.